The number of aryl methyl sites for hydroxylation is 2. The van der Waals surface area contributed by atoms with E-state index in [0.717, 1.165) is 11.1 Å². The van der Waals surface area contributed by atoms with Crippen LogP contribution < -0.4 is 0 Å². The predicted octanol–water partition coefficient (Wildman–Crippen LogP) is 1.85. The third kappa shape index (κ3) is 1.87. The van der Waals surface area contributed by atoms with Crippen LogP contribution in [0, 0.1) is 13.8 Å². The van der Waals surface area contributed by atoms with Crippen LogP contribution in [-0.4, -0.2) is 14.6 Å². The van der Waals surface area contributed by atoms with E-state index in [4.69, 9.17) is 0 Å². The van der Waals surface area contributed by atoms with Crippen LogP contribution in [0.2, 0.25) is 0 Å². The zero-order valence-corrected chi connectivity index (χ0v) is 8.02. The first kappa shape index (κ1) is 9.29. The van der Waals surface area contributed by atoms with Crippen molar-refractivity contribution < 1.29 is 8.76 Å². The van der Waals surface area contributed by atoms with Gasteiger partial charge < -0.3 is 4.55 Å². The topological polar surface area (TPSA) is 37.3 Å². The van der Waals surface area contributed by atoms with Crippen molar-refractivity contribution in [1.29, 1.82) is 0 Å². The molecule has 1 atom stereocenters. The summed E-state index contributed by atoms with van der Waals surface area (Å²) in [6, 6.07) is 5.43. The standard InChI is InChI=1S/C9H12O2S/c1-7-4-5-8(2)9(6-7)12(3,10)11/h4-6H,3H2,1-2H3,(H,10,11). The zero-order valence-electron chi connectivity index (χ0n) is 7.20. The van der Waals surface area contributed by atoms with Gasteiger partial charge in [-0.25, -0.2) is 4.21 Å². The van der Waals surface area contributed by atoms with E-state index in [-0.39, 0.29) is 0 Å². The SMILES string of the molecule is C=S(=O)(O)c1cc(C)ccc1C. The average Bonchev–Trinajstić information content (AvgIpc) is 1.92. The summed E-state index contributed by atoms with van der Waals surface area (Å²) in [6.45, 7) is 3.68. The van der Waals surface area contributed by atoms with Crippen LogP contribution >= 0.6 is 0 Å². The molecule has 0 aliphatic rings. The fraction of sp³-hybridized carbons (Fsp3) is 0.222. The molecule has 0 aliphatic heterocycles. The highest BCUT2D eigenvalue weighted by molar-refractivity contribution is 7.95. The molecule has 0 aliphatic carbocycles. The van der Waals surface area contributed by atoms with Gasteiger partial charge in [-0.15, -0.1) is 0 Å². The second-order valence-corrected chi connectivity index (χ2v) is 4.63. The number of hydrogen-bond acceptors (Lipinski definition) is 1. The van der Waals surface area contributed by atoms with Crippen molar-refractivity contribution in [2.75, 3.05) is 0 Å². The van der Waals surface area contributed by atoms with E-state index in [2.05, 4.69) is 5.87 Å². The Kier molecular flexibility index (Phi) is 2.26. The van der Waals surface area contributed by atoms with Crippen LogP contribution in [-0.2, 0) is 9.80 Å². The van der Waals surface area contributed by atoms with Gasteiger partial charge in [0.15, 0.2) is 0 Å². The molecule has 2 nitrogen and oxygen atoms in total. The lowest BCUT2D eigenvalue weighted by atomic mass is 10.2. The Morgan fingerprint density at radius 1 is 1.42 bits per heavy atom. The summed E-state index contributed by atoms with van der Waals surface area (Å²) in [5, 5.41) is 0. The Bertz CT molecular complexity index is 391. The number of rotatable bonds is 1. The average molecular weight is 184 g/mol. The lowest BCUT2D eigenvalue weighted by Gasteiger charge is -2.06. The van der Waals surface area contributed by atoms with Gasteiger partial charge in [0, 0.05) is 0 Å². The fourth-order valence-electron chi connectivity index (χ4n) is 1.05. The summed E-state index contributed by atoms with van der Waals surface area (Å²) in [6.07, 6.45) is 0. The van der Waals surface area contributed by atoms with Crippen molar-refractivity contribution in [3.05, 3.63) is 29.3 Å². The minimum absolute atomic E-state index is 0.433. The van der Waals surface area contributed by atoms with Crippen molar-refractivity contribution >= 4 is 15.7 Å². The maximum atomic E-state index is 11.2. The Hall–Kier alpha value is -0.800. The molecule has 1 N–H and O–H groups in total. The van der Waals surface area contributed by atoms with Crippen LogP contribution in [0.4, 0.5) is 0 Å². The molecule has 0 aromatic heterocycles. The molecule has 0 spiro atoms. The molecule has 1 unspecified atom stereocenters. The molecule has 0 saturated heterocycles. The Morgan fingerprint density at radius 2 is 2.00 bits per heavy atom. The second-order valence-electron chi connectivity index (χ2n) is 2.91. The fourth-order valence-corrected chi connectivity index (χ4v) is 1.99. The summed E-state index contributed by atoms with van der Waals surface area (Å²) in [4.78, 5) is 0.433. The van der Waals surface area contributed by atoms with Gasteiger partial charge in [0.2, 0.25) is 0 Å². The predicted molar refractivity (Wildman–Crippen MR) is 52.1 cm³/mol. The van der Waals surface area contributed by atoms with Gasteiger partial charge in [-0.05, 0) is 36.9 Å². The maximum Gasteiger partial charge on any atom is 0.104 e. The molecule has 1 rings (SSSR count). The van der Waals surface area contributed by atoms with E-state index in [0.29, 0.717) is 4.90 Å². The molecule has 0 heterocycles. The smallest absolute Gasteiger partial charge is 0.104 e. The summed E-state index contributed by atoms with van der Waals surface area (Å²) >= 11 is 0. The zero-order chi connectivity index (χ0) is 9.35. The van der Waals surface area contributed by atoms with E-state index in [1.807, 2.05) is 19.1 Å². The number of hydrogen-bond donors (Lipinski definition) is 1. The first-order valence-corrected chi connectivity index (χ1v) is 5.26. The van der Waals surface area contributed by atoms with E-state index in [1.165, 1.54) is 0 Å². The lowest BCUT2D eigenvalue weighted by Crippen LogP contribution is -2.00. The van der Waals surface area contributed by atoms with Gasteiger partial charge >= 0.3 is 0 Å². The highest BCUT2D eigenvalue weighted by Gasteiger charge is 2.06. The Labute approximate surface area is 73.1 Å². The molecular formula is C9H12O2S. The monoisotopic (exact) mass is 184 g/mol. The molecule has 0 saturated carbocycles. The van der Waals surface area contributed by atoms with Crippen LogP contribution in [0.3, 0.4) is 0 Å². The van der Waals surface area contributed by atoms with Crippen molar-refractivity contribution in [1.82, 2.24) is 0 Å². The van der Waals surface area contributed by atoms with Crippen LogP contribution in [0.25, 0.3) is 0 Å². The van der Waals surface area contributed by atoms with Gasteiger partial charge in [0.05, 0.1) is 4.90 Å². The van der Waals surface area contributed by atoms with E-state index >= 15 is 0 Å². The largest absolute Gasteiger partial charge is 0.310 e. The molecule has 3 heteroatoms. The Balaban J connectivity index is 3.43. The summed E-state index contributed by atoms with van der Waals surface area (Å²) in [5.41, 5.74) is 1.78. The molecule has 0 bridgehead atoms. The molecule has 0 fully saturated rings. The summed E-state index contributed by atoms with van der Waals surface area (Å²) in [7, 11) is -3.06. The first-order valence-electron chi connectivity index (χ1n) is 3.58. The van der Waals surface area contributed by atoms with Gasteiger partial charge in [-0.2, -0.15) is 0 Å². The molecule has 12 heavy (non-hydrogen) atoms. The van der Waals surface area contributed by atoms with Crippen molar-refractivity contribution in [3.8, 4) is 0 Å². The quantitative estimate of drug-likeness (QED) is 0.676. The van der Waals surface area contributed by atoms with Gasteiger partial charge in [-0.3, -0.25) is 0 Å². The van der Waals surface area contributed by atoms with Crippen LogP contribution in [0.1, 0.15) is 11.1 Å². The highest BCUT2D eigenvalue weighted by atomic mass is 32.2. The molecule has 1 aromatic rings. The Morgan fingerprint density at radius 3 is 2.42 bits per heavy atom. The molecule has 0 radical (unpaired) electrons. The van der Waals surface area contributed by atoms with E-state index in [9.17, 15) is 8.76 Å². The van der Waals surface area contributed by atoms with E-state index < -0.39 is 9.80 Å². The molecular weight excluding hydrogens is 172 g/mol. The highest BCUT2D eigenvalue weighted by Crippen LogP contribution is 2.15. The van der Waals surface area contributed by atoms with E-state index in [1.54, 1.807) is 13.0 Å². The molecule has 66 valence electrons. The van der Waals surface area contributed by atoms with Crippen molar-refractivity contribution in [3.63, 3.8) is 0 Å². The third-order valence-corrected chi connectivity index (χ3v) is 2.81. The summed E-state index contributed by atoms with van der Waals surface area (Å²) in [5.74, 6) is 3.23. The first-order chi connectivity index (χ1) is 5.41. The minimum Gasteiger partial charge on any atom is -0.310 e. The van der Waals surface area contributed by atoms with Gasteiger partial charge in [-0.1, -0.05) is 12.1 Å². The van der Waals surface area contributed by atoms with Gasteiger partial charge in [0.25, 0.3) is 0 Å². The third-order valence-electron chi connectivity index (χ3n) is 1.69. The van der Waals surface area contributed by atoms with Crippen LogP contribution in [0.5, 0.6) is 0 Å². The lowest BCUT2D eigenvalue weighted by molar-refractivity contribution is 0.559. The number of benzene rings is 1. The maximum absolute atomic E-state index is 11.2. The summed E-state index contributed by atoms with van der Waals surface area (Å²) < 4.78 is 20.4. The molecule has 0 amide bonds. The van der Waals surface area contributed by atoms with Gasteiger partial charge in [0.1, 0.15) is 9.80 Å². The normalized spacial score (nSPS) is 15.6. The molecule has 1 aromatic carbocycles. The minimum atomic E-state index is -3.06. The van der Waals surface area contributed by atoms with Crippen molar-refractivity contribution in [2.45, 2.75) is 18.7 Å². The van der Waals surface area contributed by atoms with Crippen LogP contribution in [0.15, 0.2) is 23.1 Å². The second kappa shape index (κ2) is 2.92. The van der Waals surface area contributed by atoms with Crippen molar-refractivity contribution in [2.24, 2.45) is 0 Å².